The quantitative estimate of drug-likeness (QED) is 0.302. The van der Waals surface area contributed by atoms with E-state index in [1.165, 1.54) is 45.2 Å². The van der Waals surface area contributed by atoms with Crippen LogP contribution in [0.2, 0.25) is 19.6 Å². The van der Waals surface area contributed by atoms with Crippen LogP contribution in [0.25, 0.3) is 0 Å². The third kappa shape index (κ3) is 5.58. The molecule has 0 saturated carbocycles. The van der Waals surface area contributed by atoms with Crippen LogP contribution >= 0.6 is 11.6 Å². The second-order valence-electron chi connectivity index (χ2n) is 6.18. The highest BCUT2D eigenvalue weighted by molar-refractivity contribution is 6.77. The number of halogens is 1. The minimum Gasteiger partial charge on any atom is -0.303 e. The van der Waals surface area contributed by atoms with E-state index in [1.807, 2.05) is 0 Å². The number of unbranched alkanes of at least 4 members (excludes halogenated alkanes) is 1. The minimum atomic E-state index is -1.01. The van der Waals surface area contributed by atoms with Gasteiger partial charge in [0.15, 0.2) is 0 Å². The number of hydrogen-bond donors (Lipinski definition) is 0. The lowest BCUT2D eigenvalue weighted by Crippen LogP contribution is -2.53. The predicted molar refractivity (Wildman–Crippen MR) is 81.7 cm³/mol. The topological polar surface area (TPSA) is 3.24 Å². The summed E-state index contributed by atoms with van der Waals surface area (Å²) < 4.78 is 0. The molecule has 1 unspecified atom stereocenters. The molecule has 1 aliphatic rings. The SMILES string of the molecule is C[Si](C)(C)C1CCCCN1CCC/C=C\CCl. The molecule has 100 valence electrons. The number of allylic oxidation sites excluding steroid dienone is 2. The van der Waals surface area contributed by atoms with E-state index in [-0.39, 0.29) is 0 Å². The number of alkyl halides is 1. The Morgan fingerprint density at radius 1 is 1.24 bits per heavy atom. The van der Waals surface area contributed by atoms with Crippen molar-refractivity contribution in [3.8, 4) is 0 Å². The van der Waals surface area contributed by atoms with Gasteiger partial charge < -0.3 is 4.90 Å². The Labute approximate surface area is 113 Å². The monoisotopic (exact) mass is 273 g/mol. The summed E-state index contributed by atoms with van der Waals surface area (Å²) in [5.74, 6) is 0.654. The Bertz CT molecular complexity index is 235. The van der Waals surface area contributed by atoms with Gasteiger partial charge in [-0.2, -0.15) is 0 Å². The van der Waals surface area contributed by atoms with Gasteiger partial charge in [-0.1, -0.05) is 38.2 Å². The number of likely N-dealkylation sites (tertiary alicyclic amines) is 1. The van der Waals surface area contributed by atoms with Crippen LogP contribution in [0.3, 0.4) is 0 Å². The van der Waals surface area contributed by atoms with Gasteiger partial charge >= 0.3 is 0 Å². The zero-order valence-electron chi connectivity index (χ0n) is 11.7. The molecule has 0 aromatic heterocycles. The smallest absolute Gasteiger partial charge is 0.0638 e. The maximum atomic E-state index is 5.62. The molecule has 0 radical (unpaired) electrons. The fourth-order valence-corrected chi connectivity index (χ4v) is 5.38. The molecule has 1 heterocycles. The third-order valence-corrected chi connectivity index (χ3v) is 6.52. The van der Waals surface area contributed by atoms with E-state index < -0.39 is 8.07 Å². The standard InChI is InChI=1S/C14H28ClNSi/c1-17(2,3)14-10-6-9-13-16(14)12-8-5-4-7-11-15/h4,7,14H,5-6,8-13H2,1-3H3/b7-4-. The first-order valence-electron chi connectivity index (χ1n) is 7.00. The molecule has 1 fully saturated rings. The second-order valence-corrected chi connectivity index (χ2v) is 11.9. The van der Waals surface area contributed by atoms with Gasteiger partial charge in [0.2, 0.25) is 0 Å². The zero-order valence-corrected chi connectivity index (χ0v) is 13.5. The van der Waals surface area contributed by atoms with E-state index >= 15 is 0 Å². The van der Waals surface area contributed by atoms with Crippen LogP contribution in [0.4, 0.5) is 0 Å². The molecule has 1 aliphatic heterocycles. The Morgan fingerprint density at radius 3 is 2.65 bits per heavy atom. The summed E-state index contributed by atoms with van der Waals surface area (Å²) in [5.41, 5.74) is 0.910. The van der Waals surface area contributed by atoms with E-state index in [4.69, 9.17) is 11.6 Å². The number of hydrogen-bond acceptors (Lipinski definition) is 1. The van der Waals surface area contributed by atoms with E-state index in [2.05, 4.69) is 36.7 Å². The lowest BCUT2D eigenvalue weighted by atomic mass is 10.1. The summed E-state index contributed by atoms with van der Waals surface area (Å²) in [6, 6.07) is 0. The first-order chi connectivity index (χ1) is 8.05. The molecular weight excluding hydrogens is 246 g/mol. The Morgan fingerprint density at radius 2 is 2.00 bits per heavy atom. The van der Waals surface area contributed by atoms with Crippen molar-refractivity contribution in [3.05, 3.63) is 12.2 Å². The van der Waals surface area contributed by atoms with E-state index in [9.17, 15) is 0 Å². The molecule has 1 saturated heterocycles. The molecule has 0 bridgehead atoms. The minimum absolute atomic E-state index is 0.654. The van der Waals surface area contributed by atoms with E-state index in [0.717, 1.165) is 5.67 Å². The van der Waals surface area contributed by atoms with Gasteiger partial charge in [-0.15, -0.1) is 11.6 Å². The van der Waals surface area contributed by atoms with Crippen molar-refractivity contribution in [2.24, 2.45) is 0 Å². The van der Waals surface area contributed by atoms with Gasteiger partial charge in [0, 0.05) is 11.5 Å². The summed E-state index contributed by atoms with van der Waals surface area (Å²) in [4.78, 5) is 2.77. The molecule has 0 aliphatic carbocycles. The van der Waals surface area contributed by atoms with Crippen LogP contribution in [-0.4, -0.2) is 37.6 Å². The highest BCUT2D eigenvalue weighted by Gasteiger charge is 2.33. The van der Waals surface area contributed by atoms with Gasteiger partial charge in [0.1, 0.15) is 0 Å². The molecule has 3 heteroatoms. The second kappa shape index (κ2) is 7.60. The first-order valence-corrected chi connectivity index (χ1v) is 11.1. The van der Waals surface area contributed by atoms with Gasteiger partial charge in [-0.05, 0) is 38.8 Å². The molecule has 0 amide bonds. The van der Waals surface area contributed by atoms with Crippen LogP contribution in [0, 0.1) is 0 Å². The normalized spacial score (nSPS) is 23.4. The maximum Gasteiger partial charge on any atom is 0.0638 e. The number of rotatable bonds is 6. The molecule has 1 rings (SSSR count). The van der Waals surface area contributed by atoms with E-state index in [0.29, 0.717) is 5.88 Å². The number of nitrogens with zero attached hydrogens (tertiary/aromatic N) is 1. The fourth-order valence-electron chi connectivity index (χ4n) is 2.83. The highest BCUT2D eigenvalue weighted by atomic mass is 35.5. The summed E-state index contributed by atoms with van der Waals surface area (Å²) in [7, 11) is -1.01. The van der Waals surface area contributed by atoms with Gasteiger partial charge in [-0.3, -0.25) is 0 Å². The van der Waals surface area contributed by atoms with Crippen LogP contribution in [-0.2, 0) is 0 Å². The molecule has 0 aromatic carbocycles. The molecule has 0 spiro atoms. The van der Waals surface area contributed by atoms with Crippen molar-refractivity contribution in [2.45, 2.75) is 57.4 Å². The van der Waals surface area contributed by atoms with Crippen molar-refractivity contribution in [1.29, 1.82) is 0 Å². The summed E-state index contributed by atoms with van der Waals surface area (Å²) >= 11 is 5.62. The maximum absolute atomic E-state index is 5.62. The van der Waals surface area contributed by atoms with E-state index in [1.54, 1.807) is 0 Å². The Hall–Kier alpha value is 0.207. The molecule has 1 nitrogen and oxygen atoms in total. The average Bonchev–Trinajstić information content (AvgIpc) is 2.28. The zero-order chi connectivity index (χ0) is 12.7. The molecule has 0 aromatic rings. The predicted octanol–water partition coefficient (Wildman–Crippen LogP) is 4.29. The Kier molecular flexibility index (Phi) is 6.82. The van der Waals surface area contributed by atoms with Crippen molar-refractivity contribution in [3.63, 3.8) is 0 Å². The number of piperidine rings is 1. The van der Waals surface area contributed by atoms with Crippen LogP contribution in [0.1, 0.15) is 32.1 Å². The van der Waals surface area contributed by atoms with Gasteiger partial charge in [0.05, 0.1) is 8.07 Å². The van der Waals surface area contributed by atoms with Crippen LogP contribution in [0.5, 0.6) is 0 Å². The highest BCUT2D eigenvalue weighted by Crippen LogP contribution is 2.25. The summed E-state index contributed by atoms with van der Waals surface area (Å²) in [5, 5.41) is 0. The van der Waals surface area contributed by atoms with Crippen molar-refractivity contribution < 1.29 is 0 Å². The molecule has 1 atom stereocenters. The largest absolute Gasteiger partial charge is 0.303 e. The summed E-state index contributed by atoms with van der Waals surface area (Å²) in [6.45, 7) is 10.2. The van der Waals surface area contributed by atoms with Gasteiger partial charge in [-0.25, -0.2) is 0 Å². The molecular formula is C14H28ClNSi. The van der Waals surface area contributed by atoms with Crippen molar-refractivity contribution >= 4 is 19.7 Å². The molecule has 17 heavy (non-hydrogen) atoms. The first kappa shape index (κ1) is 15.3. The van der Waals surface area contributed by atoms with Crippen molar-refractivity contribution in [2.75, 3.05) is 19.0 Å². The van der Waals surface area contributed by atoms with Crippen LogP contribution in [0.15, 0.2) is 12.2 Å². The van der Waals surface area contributed by atoms with Crippen LogP contribution < -0.4 is 0 Å². The Balaban J connectivity index is 2.35. The summed E-state index contributed by atoms with van der Waals surface area (Å²) in [6.07, 6.45) is 11.0. The fraction of sp³-hybridized carbons (Fsp3) is 0.857. The van der Waals surface area contributed by atoms with Crippen molar-refractivity contribution in [1.82, 2.24) is 4.90 Å². The molecule has 0 N–H and O–H groups in total. The average molecular weight is 274 g/mol. The lowest BCUT2D eigenvalue weighted by Gasteiger charge is -2.42. The third-order valence-electron chi connectivity index (χ3n) is 3.69. The lowest BCUT2D eigenvalue weighted by molar-refractivity contribution is 0.192. The van der Waals surface area contributed by atoms with Gasteiger partial charge in [0.25, 0.3) is 0 Å².